The second kappa shape index (κ2) is 7.24. The van der Waals surface area contributed by atoms with Crippen LogP contribution in [0.4, 0.5) is 5.82 Å². The van der Waals surface area contributed by atoms with Gasteiger partial charge in [-0.1, -0.05) is 0 Å². The van der Waals surface area contributed by atoms with Crippen LogP contribution in [0.15, 0.2) is 28.9 Å². The molecule has 0 spiro atoms. The van der Waals surface area contributed by atoms with Gasteiger partial charge >= 0.3 is 11.7 Å². The van der Waals surface area contributed by atoms with Crippen molar-refractivity contribution in [1.82, 2.24) is 9.55 Å². The van der Waals surface area contributed by atoms with Gasteiger partial charge in [0.1, 0.15) is 24.3 Å². The lowest BCUT2D eigenvalue weighted by Gasteiger charge is -2.21. The highest BCUT2D eigenvalue weighted by atomic mass is 16.7. The van der Waals surface area contributed by atoms with Crippen molar-refractivity contribution in [2.45, 2.75) is 46.3 Å². The molecule has 0 amide bonds. The Morgan fingerprint density at radius 3 is 2.80 bits per heavy atom. The summed E-state index contributed by atoms with van der Waals surface area (Å²) in [6.45, 7) is 6.78. The van der Waals surface area contributed by atoms with Crippen LogP contribution in [0, 0.1) is 5.41 Å². The van der Waals surface area contributed by atoms with Gasteiger partial charge in [0, 0.05) is 6.20 Å². The topological polar surface area (TPSA) is 126 Å². The number of anilines is 1. The number of aromatic nitrogens is 2. The van der Waals surface area contributed by atoms with Gasteiger partial charge in [-0.25, -0.2) is 4.79 Å². The van der Waals surface area contributed by atoms with Gasteiger partial charge in [-0.05, 0) is 39.8 Å². The van der Waals surface area contributed by atoms with Crippen molar-refractivity contribution in [3.63, 3.8) is 0 Å². The van der Waals surface area contributed by atoms with Crippen molar-refractivity contribution < 1.29 is 24.1 Å². The number of carbonyl (C=O) groups excluding carboxylic acids is 1. The summed E-state index contributed by atoms with van der Waals surface area (Å²) in [6, 6.07) is 1.43. The van der Waals surface area contributed by atoms with E-state index in [9.17, 15) is 14.7 Å². The van der Waals surface area contributed by atoms with Gasteiger partial charge in [0.05, 0.1) is 5.41 Å². The van der Waals surface area contributed by atoms with Gasteiger partial charge in [0.25, 0.3) is 0 Å². The first-order chi connectivity index (χ1) is 11.6. The number of ether oxygens (including phenoxy) is 3. The maximum atomic E-state index is 11.8. The van der Waals surface area contributed by atoms with E-state index < -0.39 is 35.7 Å². The fourth-order valence-electron chi connectivity index (χ4n) is 2.02. The van der Waals surface area contributed by atoms with E-state index in [1.165, 1.54) is 18.3 Å². The Morgan fingerprint density at radius 2 is 2.20 bits per heavy atom. The molecule has 0 aromatic carbocycles. The van der Waals surface area contributed by atoms with Crippen LogP contribution in [0.2, 0.25) is 0 Å². The fraction of sp³-hybridized carbons (Fsp3) is 0.562. The van der Waals surface area contributed by atoms with Gasteiger partial charge in [0.2, 0.25) is 12.5 Å². The number of nitrogen functional groups attached to an aromatic ring is 1. The molecule has 1 aromatic heterocycles. The van der Waals surface area contributed by atoms with Crippen LogP contribution in [0.3, 0.4) is 0 Å². The number of rotatable bonds is 5. The predicted octanol–water partition coefficient (Wildman–Crippen LogP) is 0.551. The average Bonchev–Trinajstić information content (AvgIpc) is 2.85. The molecule has 1 aliphatic heterocycles. The predicted molar refractivity (Wildman–Crippen MR) is 88.1 cm³/mol. The summed E-state index contributed by atoms with van der Waals surface area (Å²) in [5.41, 5.74) is 4.17. The van der Waals surface area contributed by atoms with E-state index in [-0.39, 0.29) is 12.4 Å². The summed E-state index contributed by atoms with van der Waals surface area (Å²) >= 11 is 0. The SMILES string of the molecule is CC(OCC1=C[C@@H](O)[C@H](n2ccc(N)nc2=O)O1)OC(=O)C(C)(C)C. The molecule has 138 valence electrons. The van der Waals surface area contributed by atoms with Crippen LogP contribution in [0.25, 0.3) is 0 Å². The van der Waals surface area contributed by atoms with E-state index in [1.54, 1.807) is 27.7 Å². The number of carbonyl (C=O) groups is 1. The van der Waals surface area contributed by atoms with E-state index in [1.807, 2.05) is 0 Å². The smallest absolute Gasteiger partial charge is 0.352 e. The molecule has 0 aliphatic carbocycles. The number of aliphatic hydroxyl groups is 1. The Bertz CT molecular complexity index is 721. The zero-order valence-corrected chi connectivity index (χ0v) is 14.6. The molecule has 0 saturated carbocycles. The molecule has 0 radical (unpaired) electrons. The average molecular weight is 353 g/mol. The van der Waals surface area contributed by atoms with Gasteiger partial charge in [-0.2, -0.15) is 4.98 Å². The number of nitrogens with two attached hydrogens (primary N) is 1. The number of hydrogen-bond acceptors (Lipinski definition) is 8. The van der Waals surface area contributed by atoms with Crippen LogP contribution in [0.5, 0.6) is 0 Å². The standard InChI is InChI=1S/C16H23N3O6/c1-9(24-14(21)16(2,3)4)23-8-10-7-11(20)13(25-10)19-6-5-12(17)18-15(19)22/h5-7,9,11,13,20H,8H2,1-4H3,(H2,17,18,22)/t9?,11-,13-/m1/s1. The molecule has 2 rings (SSSR count). The fourth-order valence-corrected chi connectivity index (χ4v) is 2.02. The zero-order valence-electron chi connectivity index (χ0n) is 14.6. The van der Waals surface area contributed by atoms with Crippen molar-refractivity contribution in [3.8, 4) is 0 Å². The van der Waals surface area contributed by atoms with Crippen LogP contribution in [-0.2, 0) is 19.0 Å². The molecule has 9 heteroatoms. The second-order valence-electron chi connectivity index (χ2n) is 6.71. The lowest BCUT2D eigenvalue weighted by Crippen LogP contribution is -2.32. The highest BCUT2D eigenvalue weighted by molar-refractivity contribution is 5.75. The third kappa shape index (κ3) is 4.80. The van der Waals surface area contributed by atoms with E-state index >= 15 is 0 Å². The van der Waals surface area contributed by atoms with E-state index in [0.717, 1.165) is 4.57 Å². The Morgan fingerprint density at radius 1 is 1.52 bits per heavy atom. The lowest BCUT2D eigenvalue weighted by molar-refractivity contribution is -0.184. The summed E-state index contributed by atoms with van der Waals surface area (Å²) < 4.78 is 17.2. The van der Waals surface area contributed by atoms with Crippen molar-refractivity contribution in [2.24, 2.45) is 5.41 Å². The molecular weight excluding hydrogens is 330 g/mol. The van der Waals surface area contributed by atoms with E-state index in [0.29, 0.717) is 5.76 Å². The molecule has 3 N–H and O–H groups in total. The minimum absolute atomic E-state index is 0.0245. The maximum absolute atomic E-state index is 11.8. The van der Waals surface area contributed by atoms with Crippen LogP contribution < -0.4 is 11.4 Å². The molecule has 2 heterocycles. The number of nitrogens with zero attached hydrogens (tertiary/aromatic N) is 2. The molecule has 0 fully saturated rings. The summed E-state index contributed by atoms with van der Waals surface area (Å²) in [5, 5.41) is 10.1. The number of esters is 1. The first kappa shape index (κ1) is 18.9. The second-order valence-corrected chi connectivity index (χ2v) is 6.71. The molecule has 9 nitrogen and oxygen atoms in total. The molecule has 1 aromatic rings. The van der Waals surface area contributed by atoms with Gasteiger partial charge in [-0.15, -0.1) is 0 Å². The van der Waals surface area contributed by atoms with Gasteiger partial charge < -0.3 is 25.1 Å². The summed E-state index contributed by atoms with van der Waals surface area (Å²) in [7, 11) is 0. The summed E-state index contributed by atoms with van der Waals surface area (Å²) in [4.78, 5) is 27.2. The van der Waals surface area contributed by atoms with Crippen LogP contribution >= 0.6 is 0 Å². The normalized spacial score (nSPS) is 21.4. The third-order valence-corrected chi connectivity index (χ3v) is 3.39. The Labute approximate surface area is 145 Å². The molecule has 25 heavy (non-hydrogen) atoms. The Balaban J connectivity index is 1.92. The minimum Gasteiger partial charge on any atom is -0.469 e. The number of hydrogen-bond donors (Lipinski definition) is 2. The first-order valence-corrected chi connectivity index (χ1v) is 7.80. The summed E-state index contributed by atoms with van der Waals surface area (Å²) in [6.07, 6.45) is 0.0319. The molecule has 0 bridgehead atoms. The summed E-state index contributed by atoms with van der Waals surface area (Å²) in [5.74, 6) is 0.0124. The highest BCUT2D eigenvalue weighted by Crippen LogP contribution is 2.26. The largest absolute Gasteiger partial charge is 0.469 e. The van der Waals surface area contributed by atoms with Crippen LogP contribution in [-0.4, -0.2) is 39.6 Å². The van der Waals surface area contributed by atoms with Crippen molar-refractivity contribution in [1.29, 1.82) is 0 Å². The monoisotopic (exact) mass is 353 g/mol. The molecule has 1 unspecified atom stereocenters. The van der Waals surface area contributed by atoms with Crippen LogP contribution in [0.1, 0.15) is 33.9 Å². The third-order valence-electron chi connectivity index (χ3n) is 3.39. The maximum Gasteiger partial charge on any atom is 0.352 e. The lowest BCUT2D eigenvalue weighted by atomic mass is 9.97. The Hall–Kier alpha value is -2.39. The first-order valence-electron chi connectivity index (χ1n) is 7.80. The zero-order chi connectivity index (χ0) is 18.8. The molecular formula is C16H23N3O6. The molecule has 3 atom stereocenters. The molecule has 1 aliphatic rings. The highest BCUT2D eigenvalue weighted by Gasteiger charge is 2.31. The van der Waals surface area contributed by atoms with Crippen molar-refractivity contribution >= 4 is 11.8 Å². The molecule has 0 saturated heterocycles. The quantitative estimate of drug-likeness (QED) is 0.580. The van der Waals surface area contributed by atoms with Gasteiger partial charge in [0.15, 0.2) is 0 Å². The van der Waals surface area contributed by atoms with E-state index in [2.05, 4.69) is 4.98 Å². The van der Waals surface area contributed by atoms with Gasteiger partial charge in [-0.3, -0.25) is 9.36 Å². The van der Waals surface area contributed by atoms with Crippen molar-refractivity contribution in [2.75, 3.05) is 12.3 Å². The van der Waals surface area contributed by atoms with E-state index in [4.69, 9.17) is 19.9 Å². The number of aliphatic hydroxyl groups excluding tert-OH is 1. The Kier molecular flexibility index (Phi) is 5.48. The van der Waals surface area contributed by atoms with Crippen molar-refractivity contribution in [3.05, 3.63) is 34.6 Å². The minimum atomic E-state index is -1.05.